The van der Waals surface area contributed by atoms with Crippen LogP contribution in [-0.4, -0.2) is 25.8 Å². The largest absolute Gasteiger partial charge is 0.378 e. The molecule has 0 aromatic heterocycles. The Labute approximate surface area is 120 Å². The van der Waals surface area contributed by atoms with Crippen molar-refractivity contribution < 1.29 is 13.5 Å². The Morgan fingerprint density at radius 2 is 1.84 bits per heavy atom. The molecule has 0 amide bonds. The minimum Gasteiger partial charge on any atom is -0.378 e. The summed E-state index contributed by atoms with van der Waals surface area (Å²) in [7, 11) is 0. The maximum Gasteiger partial charge on any atom is 0.149 e. The molecule has 1 aliphatic heterocycles. The maximum atomic E-state index is 14.0. The van der Waals surface area contributed by atoms with E-state index in [9.17, 15) is 8.78 Å². The van der Waals surface area contributed by atoms with Crippen LogP contribution in [0.1, 0.15) is 25.3 Å². The zero-order valence-electron chi connectivity index (χ0n) is 11.0. The Morgan fingerprint density at radius 1 is 1.26 bits per heavy atom. The molecule has 5 heteroatoms. The third-order valence-electron chi connectivity index (χ3n) is 3.39. The van der Waals surface area contributed by atoms with Crippen molar-refractivity contribution in [2.24, 2.45) is 0 Å². The van der Waals surface area contributed by atoms with Gasteiger partial charge in [0.2, 0.25) is 0 Å². The lowest BCUT2D eigenvalue weighted by molar-refractivity contribution is 0.0457. The standard InChI is InChI=1S/C14H18BrF2NO/c1-2-19-11-3-5-18(6-4-11)14-12(16)7-10(9-15)8-13(14)17/h7-8,11H,2-6,9H2,1H3. The van der Waals surface area contributed by atoms with Gasteiger partial charge in [0, 0.05) is 25.0 Å². The Bertz CT molecular complexity index is 410. The fourth-order valence-electron chi connectivity index (χ4n) is 2.48. The molecule has 1 aromatic carbocycles. The molecule has 0 spiro atoms. The summed E-state index contributed by atoms with van der Waals surface area (Å²) in [6.45, 7) is 3.91. The monoisotopic (exact) mass is 333 g/mol. The number of piperidine rings is 1. The van der Waals surface area contributed by atoms with E-state index in [1.54, 1.807) is 4.90 Å². The fraction of sp³-hybridized carbons (Fsp3) is 0.571. The Hall–Kier alpha value is -0.680. The lowest BCUT2D eigenvalue weighted by Gasteiger charge is -2.33. The predicted molar refractivity (Wildman–Crippen MR) is 75.9 cm³/mol. The van der Waals surface area contributed by atoms with Crippen LogP contribution in [0.25, 0.3) is 0 Å². The number of hydrogen-bond acceptors (Lipinski definition) is 2. The van der Waals surface area contributed by atoms with Crippen LogP contribution >= 0.6 is 15.9 Å². The molecule has 1 aromatic rings. The van der Waals surface area contributed by atoms with Crippen molar-refractivity contribution in [3.63, 3.8) is 0 Å². The summed E-state index contributed by atoms with van der Waals surface area (Å²) in [6.07, 6.45) is 1.84. The van der Waals surface area contributed by atoms with Gasteiger partial charge in [0.25, 0.3) is 0 Å². The Kier molecular flexibility index (Phi) is 5.16. The maximum absolute atomic E-state index is 14.0. The molecule has 0 aliphatic carbocycles. The second-order valence-corrected chi connectivity index (χ2v) is 5.24. The van der Waals surface area contributed by atoms with Crippen molar-refractivity contribution in [2.45, 2.75) is 31.2 Å². The molecular formula is C14H18BrF2NO. The Morgan fingerprint density at radius 3 is 2.32 bits per heavy atom. The van der Waals surface area contributed by atoms with E-state index >= 15 is 0 Å². The summed E-state index contributed by atoms with van der Waals surface area (Å²) < 4.78 is 33.5. The predicted octanol–water partition coefficient (Wildman–Crippen LogP) is 3.87. The highest BCUT2D eigenvalue weighted by Gasteiger charge is 2.24. The molecule has 1 heterocycles. The summed E-state index contributed by atoms with van der Waals surface area (Å²) in [6, 6.07) is 2.78. The van der Waals surface area contributed by atoms with Crippen LogP contribution in [0.4, 0.5) is 14.5 Å². The van der Waals surface area contributed by atoms with E-state index in [1.165, 1.54) is 12.1 Å². The normalized spacial score (nSPS) is 16.9. The van der Waals surface area contributed by atoms with E-state index in [0.717, 1.165) is 12.8 Å². The average Bonchev–Trinajstić information content (AvgIpc) is 2.40. The van der Waals surface area contributed by atoms with E-state index < -0.39 is 11.6 Å². The molecule has 1 fully saturated rings. The van der Waals surface area contributed by atoms with E-state index in [0.29, 0.717) is 30.6 Å². The molecule has 0 atom stereocenters. The highest BCUT2D eigenvalue weighted by molar-refractivity contribution is 9.08. The van der Waals surface area contributed by atoms with E-state index in [1.807, 2.05) is 6.92 Å². The number of alkyl halides is 1. The van der Waals surface area contributed by atoms with Gasteiger partial charge in [-0.1, -0.05) is 15.9 Å². The van der Waals surface area contributed by atoms with Crippen molar-refractivity contribution in [1.29, 1.82) is 0 Å². The van der Waals surface area contributed by atoms with Crippen molar-refractivity contribution >= 4 is 21.6 Å². The number of halogens is 3. The summed E-state index contributed by atoms with van der Waals surface area (Å²) in [5.74, 6) is -0.964. The minimum absolute atomic E-state index is 0.0969. The lowest BCUT2D eigenvalue weighted by Crippen LogP contribution is -2.38. The van der Waals surface area contributed by atoms with Gasteiger partial charge in [-0.2, -0.15) is 0 Å². The molecule has 0 unspecified atom stereocenters. The van der Waals surface area contributed by atoms with Gasteiger partial charge in [0.1, 0.15) is 17.3 Å². The van der Waals surface area contributed by atoms with E-state index in [-0.39, 0.29) is 11.8 Å². The van der Waals surface area contributed by atoms with Gasteiger partial charge in [-0.15, -0.1) is 0 Å². The van der Waals surface area contributed by atoms with Gasteiger partial charge in [-0.05, 0) is 37.5 Å². The topological polar surface area (TPSA) is 12.5 Å². The first-order chi connectivity index (χ1) is 9.15. The molecular weight excluding hydrogens is 316 g/mol. The van der Waals surface area contributed by atoms with Crippen molar-refractivity contribution in [1.82, 2.24) is 0 Å². The molecule has 1 saturated heterocycles. The number of ether oxygens (including phenoxy) is 1. The van der Waals surface area contributed by atoms with Gasteiger partial charge in [-0.3, -0.25) is 0 Å². The summed E-state index contributed by atoms with van der Waals surface area (Å²) in [5, 5.41) is 0.452. The first-order valence-electron chi connectivity index (χ1n) is 6.56. The van der Waals surface area contributed by atoms with Crippen LogP contribution in [0.3, 0.4) is 0 Å². The van der Waals surface area contributed by atoms with E-state index in [4.69, 9.17) is 4.74 Å². The Balaban J connectivity index is 2.11. The van der Waals surface area contributed by atoms with Crippen LogP contribution < -0.4 is 4.90 Å². The molecule has 1 aliphatic rings. The fourth-order valence-corrected chi connectivity index (χ4v) is 2.80. The van der Waals surface area contributed by atoms with Gasteiger partial charge in [0.05, 0.1) is 6.10 Å². The summed E-state index contributed by atoms with van der Waals surface area (Å²) in [4.78, 5) is 1.78. The first kappa shape index (κ1) is 14.7. The third kappa shape index (κ3) is 3.45. The highest BCUT2D eigenvalue weighted by Crippen LogP contribution is 2.28. The number of hydrogen-bond donors (Lipinski definition) is 0. The van der Waals surface area contributed by atoms with Gasteiger partial charge in [0.15, 0.2) is 0 Å². The number of rotatable bonds is 4. The van der Waals surface area contributed by atoms with Crippen LogP contribution in [0.2, 0.25) is 0 Å². The molecule has 0 bridgehead atoms. The SMILES string of the molecule is CCOC1CCN(c2c(F)cc(CBr)cc2F)CC1. The van der Waals surface area contributed by atoms with Crippen LogP contribution in [0.5, 0.6) is 0 Å². The van der Waals surface area contributed by atoms with Crippen LogP contribution in [0, 0.1) is 11.6 Å². The zero-order chi connectivity index (χ0) is 13.8. The molecule has 2 rings (SSSR count). The van der Waals surface area contributed by atoms with Gasteiger partial charge in [-0.25, -0.2) is 8.78 Å². The lowest BCUT2D eigenvalue weighted by atomic mass is 10.1. The zero-order valence-corrected chi connectivity index (χ0v) is 12.6. The van der Waals surface area contributed by atoms with E-state index in [2.05, 4.69) is 15.9 Å². The molecule has 0 saturated carbocycles. The highest BCUT2D eigenvalue weighted by atomic mass is 79.9. The molecule has 2 nitrogen and oxygen atoms in total. The minimum atomic E-state index is -0.482. The van der Waals surface area contributed by atoms with Crippen molar-refractivity contribution in [3.8, 4) is 0 Å². The van der Waals surface area contributed by atoms with Gasteiger partial charge >= 0.3 is 0 Å². The summed E-state index contributed by atoms with van der Waals surface area (Å²) in [5.41, 5.74) is 0.711. The first-order valence-corrected chi connectivity index (χ1v) is 7.68. The second-order valence-electron chi connectivity index (χ2n) is 4.68. The van der Waals surface area contributed by atoms with Gasteiger partial charge < -0.3 is 9.64 Å². The third-order valence-corrected chi connectivity index (χ3v) is 4.04. The summed E-state index contributed by atoms with van der Waals surface area (Å²) >= 11 is 3.21. The van der Waals surface area contributed by atoms with Crippen LogP contribution in [-0.2, 0) is 10.1 Å². The number of benzene rings is 1. The number of anilines is 1. The molecule has 106 valence electrons. The van der Waals surface area contributed by atoms with Crippen LogP contribution in [0.15, 0.2) is 12.1 Å². The quantitative estimate of drug-likeness (QED) is 0.775. The number of nitrogens with zero attached hydrogens (tertiary/aromatic N) is 1. The molecule has 0 radical (unpaired) electrons. The van der Waals surface area contributed by atoms with Crippen molar-refractivity contribution in [2.75, 3.05) is 24.6 Å². The second kappa shape index (κ2) is 6.66. The average molecular weight is 334 g/mol. The smallest absolute Gasteiger partial charge is 0.149 e. The molecule has 19 heavy (non-hydrogen) atoms. The van der Waals surface area contributed by atoms with Crippen molar-refractivity contribution in [3.05, 3.63) is 29.3 Å². The molecule has 0 N–H and O–H groups in total.